The van der Waals surface area contributed by atoms with E-state index in [2.05, 4.69) is 15.1 Å². The molecule has 0 aliphatic heterocycles. The monoisotopic (exact) mass is 410 g/mol. The van der Waals surface area contributed by atoms with E-state index >= 15 is 0 Å². The van der Waals surface area contributed by atoms with Gasteiger partial charge in [0.25, 0.3) is 0 Å². The molecule has 0 unspecified atom stereocenters. The second-order valence-corrected chi connectivity index (χ2v) is 7.69. The lowest BCUT2D eigenvalue weighted by Gasteiger charge is -2.29. The molecule has 0 aromatic carbocycles. The fourth-order valence-electron chi connectivity index (χ4n) is 3.33. The second kappa shape index (κ2) is 6.73. The number of carbonyl (C=O) groups excluding carboxylic acids is 1. The number of fused-ring (bicyclic) bond motifs is 1. The van der Waals surface area contributed by atoms with Crippen LogP contribution < -0.4 is 10.6 Å². The summed E-state index contributed by atoms with van der Waals surface area (Å²) < 4.78 is 40.9. The zero-order valence-corrected chi connectivity index (χ0v) is 15.7. The molecule has 3 aromatic heterocycles. The predicted molar refractivity (Wildman–Crippen MR) is 99.2 cm³/mol. The third-order valence-electron chi connectivity index (χ3n) is 4.96. The minimum atomic E-state index is -4.59. The highest BCUT2D eigenvalue weighted by Crippen LogP contribution is 2.36. The number of Topliss-reactive ketones (excluding diaryl/α,β-unsaturated/α-hetero) is 1. The largest absolute Gasteiger partial charge is 0.419 e. The summed E-state index contributed by atoms with van der Waals surface area (Å²) in [6.07, 6.45) is 0.795. The molecule has 11 heteroatoms. The van der Waals surface area contributed by atoms with Crippen LogP contribution in [0.3, 0.4) is 0 Å². The fraction of sp³-hybridized carbons (Fsp3) is 0.412. The summed E-state index contributed by atoms with van der Waals surface area (Å²) in [5.41, 5.74) is 5.03. The van der Waals surface area contributed by atoms with Gasteiger partial charge in [0.05, 0.1) is 17.5 Å². The number of hydrogen-bond acceptors (Lipinski definition) is 7. The van der Waals surface area contributed by atoms with Gasteiger partial charge in [0.1, 0.15) is 11.6 Å². The Labute approximate surface area is 162 Å². The van der Waals surface area contributed by atoms with E-state index < -0.39 is 17.6 Å². The van der Waals surface area contributed by atoms with Crippen molar-refractivity contribution < 1.29 is 18.0 Å². The minimum Gasteiger partial charge on any atom is -0.383 e. The molecule has 0 saturated heterocycles. The van der Waals surface area contributed by atoms with E-state index in [1.165, 1.54) is 28.2 Å². The van der Waals surface area contributed by atoms with Gasteiger partial charge in [0, 0.05) is 37.7 Å². The molecular weight excluding hydrogens is 393 g/mol. The van der Waals surface area contributed by atoms with Crippen molar-refractivity contribution in [1.82, 2.24) is 19.6 Å². The van der Waals surface area contributed by atoms with E-state index in [0.717, 1.165) is 18.9 Å². The number of anilines is 2. The van der Waals surface area contributed by atoms with E-state index in [0.29, 0.717) is 28.6 Å². The van der Waals surface area contributed by atoms with Gasteiger partial charge in [-0.3, -0.25) is 4.79 Å². The number of nitrogens with two attached hydrogens (primary N) is 1. The molecule has 7 nitrogen and oxygen atoms in total. The van der Waals surface area contributed by atoms with E-state index in [-0.39, 0.29) is 17.4 Å². The van der Waals surface area contributed by atoms with Gasteiger partial charge in [-0.05, 0) is 18.9 Å². The molecule has 2 N–H and O–H groups in total. The number of halogens is 3. The highest BCUT2D eigenvalue weighted by atomic mass is 32.1. The van der Waals surface area contributed by atoms with Crippen molar-refractivity contribution >= 4 is 33.0 Å². The van der Waals surface area contributed by atoms with Crippen LogP contribution in [0.1, 0.15) is 31.2 Å². The second-order valence-electron chi connectivity index (χ2n) is 6.76. The predicted octanol–water partition coefficient (Wildman–Crippen LogP) is 3.40. The number of alkyl halides is 3. The number of aromatic nitrogens is 4. The van der Waals surface area contributed by atoms with E-state index in [1.54, 1.807) is 0 Å². The Morgan fingerprint density at radius 2 is 1.96 bits per heavy atom. The van der Waals surface area contributed by atoms with Crippen molar-refractivity contribution in [1.29, 1.82) is 0 Å². The average Bonchev–Trinajstić information content (AvgIpc) is 3.22. The Morgan fingerprint density at radius 3 is 2.64 bits per heavy atom. The Kier molecular flexibility index (Phi) is 4.48. The number of imidazole rings is 1. The zero-order valence-electron chi connectivity index (χ0n) is 14.9. The van der Waals surface area contributed by atoms with Crippen molar-refractivity contribution in [3.8, 4) is 11.3 Å². The summed E-state index contributed by atoms with van der Waals surface area (Å²) in [6.45, 7) is 0. The average molecular weight is 410 g/mol. The van der Waals surface area contributed by atoms with Crippen LogP contribution in [0.5, 0.6) is 0 Å². The first-order valence-electron chi connectivity index (χ1n) is 8.66. The molecule has 0 spiro atoms. The summed E-state index contributed by atoms with van der Waals surface area (Å²) in [5.74, 6) is -0.292. The number of nitrogens with zero attached hydrogens (tertiary/aromatic N) is 5. The first-order chi connectivity index (χ1) is 13.2. The molecule has 3 heterocycles. The van der Waals surface area contributed by atoms with Crippen LogP contribution in [-0.4, -0.2) is 38.5 Å². The molecule has 4 rings (SSSR count). The van der Waals surface area contributed by atoms with Gasteiger partial charge < -0.3 is 10.6 Å². The maximum absolute atomic E-state index is 13.1. The van der Waals surface area contributed by atoms with Crippen molar-refractivity contribution in [2.24, 2.45) is 0 Å². The normalized spacial score (nSPS) is 16.1. The SMILES string of the molecule is CN(c1nn2c(-c3cnc(N)c(C(F)(F)F)c3)cnc2s1)C1CCC(=O)CC1. The third-order valence-corrected chi connectivity index (χ3v) is 5.97. The summed E-state index contributed by atoms with van der Waals surface area (Å²) >= 11 is 1.34. The van der Waals surface area contributed by atoms with Gasteiger partial charge in [-0.15, -0.1) is 5.10 Å². The van der Waals surface area contributed by atoms with Crippen molar-refractivity contribution in [2.75, 3.05) is 17.7 Å². The molecular formula is C17H17F3N6OS. The van der Waals surface area contributed by atoms with Gasteiger partial charge in [0.2, 0.25) is 10.1 Å². The number of hydrogen-bond donors (Lipinski definition) is 1. The molecule has 1 aliphatic carbocycles. The van der Waals surface area contributed by atoms with Gasteiger partial charge in [0.15, 0.2) is 0 Å². The summed E-state index contributed by atoms with van der Waals surface area (Å²) in [6, 6.07) is 1.16. The number of ketones is 1. The Bertz CT molecular complexity index is 1030. The van der Waals surface area contributed by atoms with Gasteiger partial charge in [-0.2, -0.15) is 13.2 Å². The Morgan fingerprint density at radius 1 is 1.25 bits per heavy atom. The number of nitrogen functional groups attached to an aromatic ring is 1. The molecule has 148 valence electrons. The molecule has 0 atom stereocenters. The van der Waals surface area contributed by atoms with E-state index in [4.69, 9.17) is 5.73 Å². The molecule has 1 saturated carbocycles. The van der Waals surface area contributed by atoms with E-state index in [9.17, 15) is 18.0 Å². The number of carbonyl (C=O) groups is 1. The zero-order chi connectivity index (χ0) is 20.1. The molecule has 0 bridgehead atoms. The van der Waals surface area contributed by atoms with Crippen molar-refractivity contribution in [3.63, 3.8) is 0 Å². The molecule has 0 amide bonds. The van der Waals surface area contributed by atoms with Crippen LogP contribution in [0.2, 0.25) is 0 Å². The van der Waals surface area contributed by atoms with Crippen LogP contribution in [-0.2, 0) is 11.0 Å². The van der Waals surface area contributed by atoms with Gasteiger partial charge in [-0.1, -0.05) is 11.3 Å². The minimum absolute atomic E-state index is 0.201. The lowest BCUT2D eigenvalue weighted by atomic mass is 9.94. The fourth-order valence-corrected chi connectivity index (χ4v) is 4.24. The topological polar surface area (TPSA) is 89.4 Å². The lowest BCUT2D eigenvalue weighted by molar-refractivity contribution is -0.137. The van der Waals surface area contributed by atoms with Gasteiger partial charge >= 0.3 is 6.18 Å². The first-order valence-corrected chi connectivity index (χ1v) is 9.48. The Balaban J connectivity index is 1.68. The highest BCUT2D eigenvalue weighted by molar-refractivity contribution is 7.20. The number of rotatable bonds is 3. The summed E-state index contributed by atoms with van der Waals surface area (Å²) in [5, 5.41) is 5.23. The molecule has 28 heavy (non-hydrogen) atoms. The first kappa shape index (κ1) is 18.7. The molecule has 0 radical (unpaired) electrons. The third kappa shape index (κ3) is 3.30. The van der Waals surface area contributed by atoms with Crippen LogP contribution >= 0.6 is 11.3 Å². The van der Waals surface area contributed by atoms with Crippen LogP contribution in [0.25, 0.3) is 16.2 Å². The quantitative estimate of drug-likeness (QED) is 0.712. The molecule has 1 fully saturated rings. The van der Waals surface area contributed by atoms with Crippen LogP contribution in [0.15, 0.2) is 18.5 Å². The standard InChI is InChI=1S/C17H17F3N6OS/c1-25(10-2-4-11(27)5-3-10)16-24-26-13(8-23-15(26)28-16)9-6-12(17(18,19)20)14(21)22-7-9/h6-8,10H,2-5H2,1H3,(H2,21,22). The van der Waals surface area contributed by atoms with Gasteiger partial charge in [-0.25, -0.2) is 14.5 Å². The Hall–Kier alpha value is -2.69. The highest BCUT2D eigenvalue weighted by Gasteiger charge is 2.34. The summed E-state index contributed by atoms with van der Waals surface area (Å²) in [7, 11) is 1.91. The van der Waals surface area contributed by atoms with Crippen LogP contribution in [0.4, 0.5) is 24.1 Å². The summed E-state index contributed by atoms with van der Waals surface area (Å²) in [4.78, 5) is 22.0. The van der Waals surface area contributed by atoms with Crippen molar-refractivity contribution in [3.05, 3.63) is 24.0 Å². The molecule has 3 aromatic rings. The van der Waals surface area contributed by atoms with E-state index in [1.807, 2.05) is 11.9 Å². The maximum Gasteiger partial charge on any atom is 0.419 e. The van der Waals surface area contributed by atoms with Crippen LogP contribution in [0, 0.1) is 0 Å². The number of pyridine rings is 1. The van der Waals surface area contributed by atoms with Crippen molar-refractivity contribution in [2.45, 2.75) is 37.9 Å². The lowest BCUT2D eigenvalue weighted by Crippen LogP contribution is -2.35. The molecule has 1 aliphatic rings. The smallest absolute Gasteiger partial charge is 0.383 e. The maximum atomic E-state index is 13.1.